The summed E-state index contributed by atoms with van der Waals surface area (Å²) < 4.78 is 13.7. The van der Waals surface area contributed by atoms with Gasteiger partial charge in [0.1, 0.15) is 0 Å². The molecule has 188 valence electrons. The maximum absolute atomic E-state index is 11.4. The Balaban J connectivity index is 0.000000201. The number of para-hydroxylation sites is 4. The summed E-state index contributed by atoms with van der Waals surface area (Å²) in [6, 6.07) is 15.5. The van der Waals surface area contributed by atoms with Gasteiger partial charge in [-0.1, -0.05) is 51.0 Å². The maximum Gasteiger partial charge on any atom is 0.332 e. The molecule has 0 aliphatic rings. The van der Waals surface area contributed by atoms with Gasteiger partial charge in [-0.05, 0) is 37.1 Å². The Morgan fingerprint density at radius 1 is 0.722 bits per heavy atom. The summed E-state index contributed by atoms with van der Waals surface area (Å²) in [5.74, 6) is -0.637. The van der Waals surface area contributed by atoms with Gasteiger partial charge in [0.15, 0.2) is 0 Å². The van der Waals surface area contributed by atoms with Crippen molar-refractivity contribution in [2.24, 2.45) is 0 Å². The van der Waals surface area contributed by atoms with E-state index in [2.05, 4.69) is 23.8 Å². The van der Waals surface area contributed by atoms with Crippen molar-refractivity contribution < 1.29 is 19.1 Å². The van der Waals surface area contributed by atoms with E-state index in [1.165, 1.54) is 12.2 Å². The molecule has 36 heavy (non-hydrogen) atoms. The summed E-state index contributed by atoms with van der Waals surface area (Å²) in [5.41, 5.74) is 3.74. The average Bonchev–Trinajstić information content (AvgIpc) is 3.51. The number of aromatic nitrogens is 4. The van der Waals surface area contributed by atoms with Crippen molar-refractivity contribution in [3.05, 3.63) is 73.3 Å². The summed E-state index contributed by atoms with van der Waals surface area (Å²) in [5, 5.41) is 0. The third-order valence-electron chi connectivity index (χ3n) is 5.19. The molecule has 0 N–H and O–H groups in total. The molecule has 0 saturated carbocycles. The van der Waals surface area contributed by atoms with Gasteiger partial charge in [-0.3, -0.25) is 0 Å². The highest BCUT2D eigenvalue weighted by Crippen LogP contribution is 2.12. The number of carbonyl (C=O) groups excluding carboxylic acids is 2. The van der Waals surface area contributed by atoms with Gasteiger partial charge < -0.3 is 18.6 Å². The molecule has 2 aromatic heterocycles. The van der Waals surface area contributed by atoms with Gasteiger partial charge in [-0.2, -0.15) is 0 Å². The molecular weight excluding hydrogens is 456 g/mol. The number of fused-ring (bicyclic) bond motifs is 2. The number of hydrogen-bond acceptors (Lipinski definition) is 6. The lowest BCUT2D eigenvalue weighted by atomic mass is 10.3. The summed E-state index contributed by atoms with van der Waals surface area (Å²) in [6.45, 7) is 5.07. The predicted octanol–water partition coefficient (Wildman–Crippen LogP) is 5.70. The van der Waals surface area contributed by atoms with Crippen LogP contribution in [0.5, 0.6) is 0 Å². The average molecular weight is 489 g/mol. The van der Waals surface area contributed by atoms with Crippen LogP contribution < -0.4 is 0 Å². The fourth-order valence-electron chi connectivity index (χ4n) is 3.21. The van der Waals surface area contributed by atoms with Crippen molar-refractivity contribution in [3.8, 4) is 0 Å². The normalized spacial score (nSPS) is 11.2. The van der Waals surface area contributed by atoms with E-state index in [9.17, 15) is 9.59 Å². The first-order chi connectivity index (χ1) is 17.6. The lowest BCUT2D eigenvalue weighted by Gasteiger charge is -1.99. The molecule has 0 fully saturated rings. The molecule has 0 spiro atoms. The highest BCUT2D eigenvalue weighted by atomic mass is 16.5. The van der Waals surface area contributed by atoms with Crippen LogP contribution in [0.2, 0.25) is 0 Å². The van der Waals surface area contributed by atoms with E-state index in [1.54, 1.807) is 34.2 Å². The molecule has 0 unspecified atom stereocenters. The quantitative estimate of drug-likeness (QED) is 0.162. The molecule has 0 bridgehead atoms. The van der Waals surface area contributed by atoms with E-state index in [1.807, 2.05) is 48.5 Å². The molecular formula is C28H32N4O4. The topological polar surface area (TPSA) is 88.2 Å². The van der Waals surface area contributed by atoms with Crippen LogP contribution in [-0.2, 0) is 19.1 Å². The zero-order valence-corrected chi connectivity index (χ0v) is 20.7. The number of rotatable bonds is 10. The maximum atomic E-state index is 11.4. The van der Waals surface area contributed by atoms with Crippen molar-refractivity contribution in [1.82, 2.24) is 19.1 Å². The second kappa shape index (κ2) is 14.3. The van der Waals surface area contributed by atoms with Crippen LogP contribution in [0.15, 0.2) is 73.3 Å². The Kier molecular flexibility index (Phi) is 10.5. The van der Waals surface area contributed by atoms with E-state index >= 15 is 0 Å². The van der Waals surface area contributed by atoms with Gasteiger partial charge in [0.05, 0.1) is 47.9 Å². The van der Waals surface area contributed by atoms with Crippen LogP contribution in [0.4, 0.5) is 0 Å². The minimum absolute atomic E-state index is 0.318. The molecule has 0 atom stereocenters. The van der Waals surface area contributed by atoms with Gasteiger partial charge >= 0.3 is 11.9 Å². The SMILES string of the molecule is CCCCOC(=O)/C=C/n1cnc2ccccc21.CCCCOC(=O)/C=C/n1cnc2ccccc21. The van der Waals surface area contributed by atoms with E-state index in [0.29, 0.717) is 13.2 Å². The molecule has 8 heteroatoms. The zero-order valence-electron chi connectivity index (χ0n) is 20.7. The van der Waals surface area contributed by atoms with E-state index in [0.717, 1.165) is 47.8 Å². The zero-order chi connectivity index (χ0) is 25.6. The first kappa shape index (κ1) is 26.4. The Morgan fingerprint density at radius 2 is 1.14 bits per heavy atom. The highest BCUT2D eigenvalue weighted by Gasteiger charge is 2.01. The van der Waals surface area contributed by atoms with Gasteiger partial charge in [-0.25, -0.2) is 19.6 Å². The molecule has 0 saturated heterocycles. The summed E-state index contributed by atoms with van der Waals surface area (Å²) >= 11 is 0. The first-order valence-electron chi connectivity index (χ1n) is 12.2. The molecule has 4 aromatic rings. The monoisotopic (exact) mass is 488 g/mol. The number of hydrogen-bond donors (Lipinski definition) is 0. The Bertz CT molecular complexity index is 1220. The first-order valence-corrected chi connectivity index (χ1v) is 12.2. The smallest absolute Gasteiger partial charge is 0.332 e. The number of imidazole rings is 2. The van der Waals surface area contributed by atoms with Crippen LogP contribution in [-0.4, -0.2) is 44.3 Å². The van der Waals surface area contributed by atoms with E-state index < -0.39 is 0 Å². The van der Waals surface area contributed by atoms with Gasteiger partial charge in [-0.15, -0.1) is 0 Å². The number of esters is 2. The predicted molar refractivity (Wildman–Crippen MR) is 142 cm³/mol. The number of benzene rings is 2. The minimum atomic E-state index is -0.318. The summed E-state index contributed by atoms with van der Waals surface area (Å²) in [7, 11) is 0. The molecule has 0 aliphatic heterocycles. The third kappa shape index (κ3) is 7.94. The minimum Gasteiger partial charge on any atom is -0.462 e. The molecule has 0 radical (unpaired) electrons. The van der Waals surface area contributed by atoms with E-state index in [4.69, 9.17) is 9.47 Å². The molecule has 0 amide bonds. The standard InChI is InChI=1S/2C14H16N2O2/c2*1-2-3-10-18-14(17)8-9-16-11-15-12-6-4-5-7-13(12)16/h2*4-9,11H,2-3,10H2,1H3/b2*9-8+. The van der Waals surface area contributed by atoms with Gasteiger partial charge in [0, 0.05) is 24.6 Å². The van der Waals surface area contributed by atoms with Crippen LogP contribution in [0, 0.1) is 0 Å². The summed E-state index contributed by atoms with van der Waals surface area (Å²) in [6.07, 6.45) is 13.4. The van der Waals surface area contributed by atoms with Crippen LogP contribution in [0.1, 0.15) is 39.5 Å². The van der Waals surface area contributed by atoms with Crippen LogP contribution in [0.25, 0.3) is 34.5 Å². The number of ether oxygens (including phenoxy) is 2. The number of unbranched alkanes of at least 4 members (excludes halogenated alkanes) is 2. The largest absolute Gasteiger partial charge is 0.462 e. The fraction of sp³-hybridized carbons (Fsp3) is 0.286. The molecule has 4 rings (SSSR count). The van der Waals surface area contributed by atoms with Crippen LogP contribution in [0.3, 0.4) is 0 Å². The highest BCUT2D eigenvalue weighted by molar-refractivity contribution is 5.87. The summed E-state index contributed by atoms with van der Waals surface area (Å²) in [4.78, 5) is 31.3. The van der Waals surface area contributed by atoms with E-state index in [-0.39, 0.29) is 11.9 Å². The van der Waals surface area contributed by atoms with Crippen molar-refractivity contribution in [1.29, 1.82) is 0 Å². The van der Waals surface area contributed by atoms with Crippen molar-refractivity contribution >= 4 is 46.4 Å². The van der Waals surface area contributed by atoms with Crippen molar-refractivity contribution in [2.45, 2.75) is 39.5 Å². The molecule has 0 aliphatic carbocycles. The molecule has 8 nitrogen and oxygen atoms in total. The molecule has 2 heterocycles. The van der Waals surface area contributed by atoms with Crippen molar-refractivity contribution in [3.63, 3.8) is 0 Å². The molecule has 2 aromatic carbocycles. The van der Waals surface area contributed by atoms with Crippen molar-refractivity contribution in [2.75, 3.05) is 13.2 Å². The number of nitrogens with zero attached hydrogens (tertiary/aromatic N) is 4. The lowest BCUT2D eigenvalue weighted by Crippen LogP contribution is -2.02. The number of carbonyl (C=O) groups is 2. The van der Waals surface area contributed by atoms with Gasteiger partial charge in [0.2, 0.25) is 0 Å². The fourth-order valence-corrected chi connectivity index (χ4v) is 3.21. The second-order valence-corrected chi connectivity index (χ2v) is 7.95. The Labute approximate surface area is 210 Å². The van der Waals surface area contributed by atoms with Crippen LogP contribution >= 0.6 is 0 Å². The lowest BCUT2D eigenvalue weighted by molar-refractivity contribution is -0.138. The second-order valence-electron chi connectivity index (χ2n) is 7.95. The Morgan fingerprint density at radius 3 is 1.56 bits per heavy atom. The third-order valence-corrected chi connectivity index (χ3v) is 5.19. The van der Waals surface area contributed by atoms with Gasteiger partial charge in [0.25, 0.3) is 0 Å². The Hall–Kier alpha value is -4.20.